The van der Waals surface area contributed by atoms with Crippen molar-refractivity contribution in [3.63, 3.8) is 0 Å². The summed E-state index contributed by atoms with van der Waals surface area (Å²) in [6.45, 7) is 0. The number of hydrogen-bond acceptors (Lipinski definition) is 2. The lowest BCUT2D eigenvalue weighted by molar-refractivity contribution is 0.601. The fraction of sp³-hybridized carbons (Fsp3) is 0.231. The van der Waals surface area contributed by atoms with E-state index in [0.29, 0.717) is 5.02 Å². The highest BCUT2D eigenvalue weighted by Crippen LogP contribution is 2.34. The number of rotatable bonds is 3. The molecule has 0 fully saturated rings. The van der Waals surface area contributed by atoms with E-state index in [9.17, 15) is 8.42 Å². The Balaban J connectivity index is 2.55. The molecule has 5 heteroatoms. The quantitative estimate of drug-likeness (QED) is 0.787. The smallest absolute Gasteiger partial charge is 0.148 e. The molecule has 1 unspecified atom stereocenters. The van der Waals surface area contributed by atoms with E-state index >= 15 is 0 Å². The standard InChI is InChI=1S/C13H12BrClO2S/c1-18(16,17)8-12(14)10-6-7-13(15)11-5-3-2-4-9(10)11/h2-7,12H,8H2,1H3. The molecule has 0 amide bonds. The maximum atomic E-state index is 11.4. The van der Waals surface area contributed by atoms with Gasteiger partial charge in [0.2, 0.25) is 0 Å². The number of fused-ring (bicyclic) bond motifs is 1. The zero-order valence-electron chi connectivity index (χ0n) is 9.73. The molecule has 0 N–H and O–H groups in total. The molecule has 1 atom stereocenters. The van der Waals surface area contributed by atoms with E-state index in [1.165, 1.54) is 6.26 Å². The molecule has 0 radical (unpaired) electrons. The summed E-state index contributed by atoms with van der Waals surface area (Å²) in [6, 6.07) is 11.4. The van der Waals surface area contributed by atoms with Gasteiger partial charge in [0.1, 0.15) is 9.84 Å². The molecular formula is C13H12BrClO2S. The molecule has 0 saturated heterocycles. The second-order valence-electron chi connectivity index (χ2n) is 4.24. The number of alkyl halides is 1. The first-order chi connectivity index (χ1) is 8.38. The van der Waals surface area contributed by atoms with Crippen LogP contribution < -0.4 is 0 Å². The minimum Gasteiger partial charge on any atom is -0.229 e. The minimum absolute atomic E-state index is 0.0681. The minimum atomic E-state index is -3.03. The van der Waals surface area contributed by atoms with Gasteiger partial charge >= 0.3 is 0 Å². The second kappa shape index (κ2) is 5.19. The van der Waals surface area contributed by atoms with Gasteiger partial charge in [-0.25, -0.2) is 8.42 Å². The Morgan fingerprint density at radius 2 is 1.78 bits per heavy atom. The largest absolute Gasteiger partial charge is 0.229 e. The van der Waals surface area contributed by atoms with Crippen molar-refractivity contribution < 1.29 is 8.42 Å². The fourth-order valence-corrected chi connectivity index (χ4v) is 4.69. The summed E-state index contributed by atoms with van der Waals surface area (Å²) in [5, 5.41) is 2.60. The molecule has 0 aliphatic carbocycles. The van der Waals surface area contributed by atoms with Crippen LogP contribution in [-0.2, 0) is 9.84 Å². The molecule has 0 aliphatic rings. The van der Waals surface area contributed by atoms with Crippen molar-refractivity contribution in [3.8, 4) is 0 Å². The van der Waals surface area contributed by atoms with E-state index in [1.807, 2.05) is 30.3 Å². The van der Waals surface area contributed by atoms with Gasteiger partial charge in [0.05, 0.1) is 10.6 Å². The topological polar surface area (TPSA) is 34.1 Å². The van der Waals surface area contributed by atoms with Crippen molar-refractivity contribution in [3.05, 3.63) is 47.0 Å². The maximum Gasteiger partial charge on any atom is 0.148 e. The van der Waals surface area contributed by atoms with Crippen LogP contribution in [0.5, 0.6) is 0 Å². The van der Waals surface area contributed by atoms with Gasteiger partial charge in [-0.3, -0.25) is 0 Å². The Kier molecular flexibility index (Phi) is 3.99. The van der Waals surface area contributed by atoms with Crippen LogP contribution in [0.3, 0.4) is 0 Å². The van der Waals surface area contributed by atoms with Gasteiger partial charge in [-0.2, -0.15) is 0 Å². The third-order valence-corrected chi connectivity index (χ3v) is 5.21. The Hall–Kier alpha value is -0.580. The van der Waals surface area contributed by atoms with Crippen LogP contribution in [0.25, 0.3) is 10.8 Å². The number of sulfone groups is 1. The van der Waals surface area contributed by atoms with Crippen molar-refractivity contribution in [2.24, 2.45) is 0 Å². The molecule has 2 nitrogen and oxygen atoms in total. The Labute approximate surface area is 120 Å². The Morgan fingerprint density at radius 3 is 2.39 bits per heavy atom. The monoisotopic (exact) mass is 346 g/mol. The molecule has 0 aromatic heterocycles. The first-order valence-electron chi connectivity index (χ1n) is 5.37. The SMILES string of the molecule is CS(=O)(=O)CC(Br)c1ccc(Cl)c2ccccc12. The van der Waals surface area contributed by atoms with Crippen LogP contribution in [0, 0.1) is 0 Å². The van der Waals surface area contributed by atoms with Gasteiger partial charge in [-0.15, -0.1) is 0 Å². The average Bonchev–Trinajstić information content (AvgIpc) is 2.27. The van der Waals surface area contributed by atoms with Crippen LogP contribution in [0.4, 0.5) is 0 Å². The summed E-state index contributed by atoms with van der Waals surface area (Å²) in [5.74, 6) is 0.0681. The number of hydrogen-bond donors (Lipinski definition) is 0. The van der Waals surface area contributed by atoms with Gasteiger partial charge in [-0.05, 0) is 17.0 Å². The molecular weight excluding hydrogens is 336 g/mol. The first kappa shape index (κ1) is 13.8. The molecule has 18 heavy (non-hydrogen) atoms. The molecule has 2 aromatic carbocycles. The summed E-state index contributed by atoms with van der Waals surface area (Å²) in [7, 11) is -3.03. The number of benzene rings is 2. The predicted octanol–water partition coefficient (Wildman–Crippen LogP) is 3.97. The fourth-order valence-electron chi connectivity index (χ4n) is 1.91. The Morgan fingerprint density at radius 1 is 1.17 bits per heavy atom. The molecule has 0 saturated carbocycles. The third-order valence-electron chi connectivity index (χ3n) is 2.69. The predicted molar refractivity (Wildman–Crippen MR) is 80.3 cm³/mol. The van der Waals surface area contributed by atoms with E-state index in [2.05, 4.69) is 15.9 Å². The molecule has 0 spiro atoms. The highest BCUT2D eigenvalue weighted by Gasteiger charge is 2.17. The van der Waals surface area contributed by atoms with Crippen LogP contribution in [0.2, 0.25) is 5.02 Å². The molecule has 96 valence electrons. The van der Waals surface area contributed by atoms with Crippen molar-refractivity contribution in [1.82, 2.24) is 0 Å². The molecule has 2 aromatic rings. The number of halogens is 2. The Bertz CT molecular complexity index is 682. The average molecular weight is 348 g/mol. The van der Waals surface area contributed by atoms with Gasteiger partial charge in [-0.1, -0.05) is 57.9 Å². The van der Waals surface area contributed by atoms with E-state index in [4.69, 9.17) is 11.6 Å². The van der Waals surface area contributed by atoms with Crippen molar-refractivity contribution >= 4 is 48.1 Å². The van der Waals surface area contributed by atoms with E-state index in [-0.39, 0.29) is 10.6 Å². The lowest BCUT2D eigenvalue weighted by atomic mass is 10.0. The summed E-state index contributed by atoms with van der Waals surface area (Å²) in [5.41, 5.74) is 0.945. The summed E-state index contributed by atoms with van der Waals surface area (Å²) >= 11 is 9.58. The lowest BCUT2D eigenvalue weighted by Crippen LogP contribution is -2.08. The van der Waals surface area contributed by atoms with E-state index < -0.39 is 9.84 Å². The van der Waals surface area contributed by atoms with Gasteiger partial charge < -0.3 is 0 Å². The van der Waals surface area contributed by atoms with Crippen LogP contribution in [-0.4, -0.2) is 20.4 Å². The molecule has 0 aliphatic heterocycles. The second-order valence-corrected chi connectivity index (χ2v) is 7.94. The van der Waals surface area contributed by atoms with E-state index in [0.717, 1.165) is 16.3 Å². The summed E-state index contributed by atoms with van der Waals surface area (Å²) in [4.78, 5) is -0.227. The maximum absolute atomic E-state index is 11.4. The zero-order chi connectivity index (χ0) is 13.3. The van der Waals surface area contributed by atoms with Crippen LogP contribution >= 0.6 is 27.5 Å². The third kappa shape index (κ3) is 3.05. The first-order valence-corrected chi connectivity index (χ1v) is 8.73. The molecule has 0 heterocycles. The summed E-state index contributed by atoms with van der Waals surface area (Å²) < 4.78 is 22.7. The van der Waals surface area contributed by atoms with Crippen molar-refractivity contribution in [2.45, 2.75) is 4.83 Å². The van der Waals surface area contributed by atoms with E-state index in [1.54, 1.807) is 6.07 Å². The van der Waals surface area contributed by atoms with Crippen LogP contribution in [0.1, 0.15) is 10.4 Å². The van der Waals surface area contributed by atoms with Crippen molar-refractivity contribution in [2.75, 3.05) is 12.0 Å². The van der Waals surface area contributed by atoms with Crippen molar-refractivity contribution in [1.29, 1.82) is 0 Å². The van der Waals surface area contributed by atoms with Crippen LogP contribution in [0.15, 0.2) is 36.4 Å². The zero-order valence-corrected chi connectivity index (χ0v) is 12.9. The molecule has 2 rings (SSSR count). The van der Waals surface area contributed by atoms with Gasteiger partial charge in [0.15, 0.2) is 0 Å². The lowest BCUT2D eigenvalue weighted by Gasteiger charge is -2.13. The highest BCUT2D eigenvalue weighted by molar-refractivity contribution is 9.09. The highest BCUT2D eigenvalue weighted by atomic mass is 79.9. The van der Waals surface area contributed by atoms with Gasteiger partial charge in [0.25, 0.3) is 0 Å². The van der Waals surface area contributed by atoms with Gasteiger partial charge in [0, 0.05) is 16.7 Å². The molecule has 0 bridgehead atoms. The normalized spacial score (nSPS) is 13.7. The summed E-state index contributed by atoms with van der Waals surface area (Å²) in [6.07, 6.45) is 1.24.